The molecule has 0 bridgehead atoms. The molecule has 0 amide bonds. The number of aliphatic hydroxyl groups is 1. The third-order valence-electron chi connectivity index (χ3n) is 4.83. The molecule has 1 unspecified atom stereocenters. The number of rotatable bonds is 8. The van der Waals surface area contributed by atoms with E-state index >= 15 is 8.78 Å². The molecule has 0 spiro atoms. The van der Waals surface area contributed by atoms with Crippen LogP contribution in [-0.2, 0) is 24.7 Å². The maximum atomic E-state index is 15.6. The molecule has 3 heterocycles. The zero-order chi connectivity index (χ0) is 23.5. The summed E-state index contributed by atoms with van der Waals surface area (Å²) in [4.78, 5) is 8.47. The average Bonchev–Trinajstić information content (AvgIpc) is 3.31. The topological polar surface area (TPSA) is 98.8 Å². The molecule has 0 saturated carbocycles. The second-order valence-electron chi connectivity index (χ2n) is 7.01. The van der Waals surface area contributed by atoms with Crippen LogP contribution in [0.2, 0.25) is 0 Å². The van der Waals surface area contributed by atoms with Crippen molar-refractivity contribution in [1.82, 2.24) is 30.2 Å². The Kier molecular flexibility index (Phi) is 6.01. The van der Waals surface area contributed by atoms with Crippen molar-refractivity contribution in [2.45, 2.75) is 24.7 Å². The number of tetrazole rings is 1. The Hall–Kier alpha value is -3.93. The zero-order valence-corrected chi connectivity index (χ0v) is 16.8. The number of alkyl halides is 2. The number of pyridine rings is 2. The predicted octanol–water partition coefficient (Wildman–Crippen LogP) is 3.00. The van der Waals surface area contributed by atoms with Crippen LogP contribution in [0.5, 0.6) is 5.75 Å². The summed E-state index contributed by atoms with van der Waals surface area (Å²) in [5, 5.41) is 21.6. The molecule has 0 saturated heterocycles. The van der Waals surface area contributed by atoms with Crippen molar-refractivity contribution in [1.29, 1.82) is 0 Å². The van der Waals surface area contributed by atoms with Gasteiger partial charge >= 0.3 is 5.92 Å². The summed E-state index contributed by atoms with van der Waals surface area (Å²) in [6, 6.07) is 9.30. The number of ether oxygens (including phenoxy) is 1. The summed E-state index contributed by atoms with van der Waals surface area (Å²) in [6.07, 6.45) is 3.59. The van der Waals surface area contributed by atoms with Gasteiger partial charge in [0.05, 0.1) is 11.9 Å². The molecule has 3 aromatic heterocycles. The smallest absolute Gasteiger partial charge is 0.323 e. The molecule has 4 aromatic rings. The molecule has 0 aliphatic carbocycles. The molecule has 0 radical (unpaired) electrons. The summed E-state index contributed by atoms with van der Waals surface area (Å²) >= 11 is 0. The van der Waals surface area contributed by atoms with E-state index in [-0.39, 0.29) is 12.4 Å². The number of hydrogen-bond donors (Lipinski definition) is 1. The quantitative estimate of drug-likeness (QED) is 0.404. The number of aromatic nitrogens is 6. The monoisotopic (exact) mass is 460 g/mol. The van der Waals surface area contributed by atoms with E-state index < -0.39 is 41.0 Å². The minimum absolute atomic E-state index is 0.0843. The largest absolute Gasteiger partial charge is 0.486 e. The highest BCUT2D eigenvalue weighted by molar-refractivity contribution is 5.32. The Balaban J connectivity index is 1.65. The van der Waals surface area contributed by atoms with Crippen LogP contribution in [0.15, 0.2) is 67.3 Å². The van der Waals surface area contributed by atoms with Crippen molar-refractivity contribution in [2.75, 3.05) is 0 Å². The van der Waals surface area contributed by atoms with Gasteiger partial charge in [-0.05, 0) is 41.6 Å². The van der Waals surface area contributed by atoms with E-state index in [4.69, 9.17) is 4.74 Å². The van der Waals surface area contributed by atoms with E-state index in [0.29, 0.717) is 16.6 Å². The van der Waals surface area contributed by atoms with Gasteiger partial charge in [-0.3, -0.25) is 9.97 Å². The van der Waals surface area contributed by atoms with Crippen molar-refractivity contribution < 1.29 is 27.4 Å². The lowest BCUT2D eigenvalue weighted by atomic mass is 9.84. The van der Waals surface area contributed by atoms with Crippen LogP contribution < -0.4 is 4.74 Å². The van der Waals surface area contributed by atoms with E-state index in [9.17, 15) is 13.9 Å². The van der Waals surface area contributed by atoms with E-state index in [2.05, 4.69) is 25.4 Å². The average molecular weight is 460 g/mol. The van der Waals surface area contributed by atoms with Crippen LogP contribution in [0.4, 0.5) is 17.6 Å². The lowest BCUT2D eigenvalue weighted by Gasteiger charge is -2.35. The van der Waals surface area contributed by atoms with Crippen LogP contribution in [0, 0.1) is 11.6 Å². The van der Waals surface area contributed by atoms with Gasteiger partial charge in [0.15, 0.2) is 11.9 Å². The number of nitrogens with zero attached hydrogens (tertiary/aromatic N) is 6. The van der Waals surface area contributed by atoms with Gasteiger partial charge in [0, 0.05) is 17.8 Å². The summed E-state index contributed by atoms with van der Waals surface area (Å²) < 4.78 is 64.6. The fourth-order valence-electron chi connectivity index (χ4n) is 3.15. The van der Waals surface area contributed by atoms with Gasteiger partial charge in [0.2, 0.25) is 0 Å². The molecule has 8 nitrogen and oxygen atoms in total. The maximum absolute atomic E-state index is 15.6. The van der Waals surface area contributed by atoms with Crippen LogP contribution in [0.3, 0.4) is 0 Å². The Morgan fingerprint density at radius 1 is 1.03 bits per heavy atom. The fourth-order valence-corrected chi connectivity index (χ4v) is 3.15. The molecule has 12 heteroatoms. The Morgan fingerprint density at radius 2 is 1.88 bits per heavy atom. The minimum atomic E-state index is -4.15. The van der Waals surface area contributed by atoms with Crippen molar-refractivity contribution >= 4 is 0 Å². The second-order valence-corrected chi connectivity index (χ2v) is 7.01. The van der Waals surface area contributed by atoms with Gasteiger partial charge in [-0.2, -0.15) is 13.6 Å². The van der Waals surface area contributed by atoms with Gasteiger partial charge in [0.1, 0.15) is 36.2 Å². The van der Waals surface area contributed by atoms with Gasteiger partial charge in [-0.15, -0.1) is 10.2 Å². The van der Waals surface area contributed by atoms with Crippen molar-refractivity contribution in [3.05, 3.63) is 95.8 Å². The molecule has 4 rings (SSSR count). The normalized spacial score (nSPS) is 13.5. The highest BCUT2D eigenvalue weighted by atomic mass is 19.3. The Bertz CT molecular complexity index is 1210. The summed E-state index contributed by atoms with van der Waals surface area (Å²) in [5.41, 5.74) is -4.34. The summed E-state index contributed by atoms with van der Waals surface area (Å²) in [7, 11) is 0. The molecular formula is C21H16F4N6O2. The fraction of sp³-hybridized carbons (Fsp3) is 0.190. The summed E-state index contributed by atoms with van der Waals surface area (Å²) in [6.45, 7) is -0.900. The van der Waals surface area contributed by atoms with Crippen LogP contribution in [0.1, 0.15) is 17.0 Å². The minimum Gasteiger partial charge on any atom is -0.486 e. The standard InChI is InChI=1S/C21H16F4N6O2/c22-14-4-6-17(18(23)9-14)20(32,12-31-29-13-28-30-31)21(24,25)19-7-5-16(10-27-19)33-11-15-3-1-2-8-26-15/h1-10,13,32H,11-12H2. The van der Waals surface area contributed by atoms with Gasteiger partial charge < -0.3 is 9.84 Å². The molecule has 170 valence electrons. The van der Waals surface area contributed by atoms with Crippen molar-refractivity contribution in [3.8, 4) is 5.75 Å². The second kappa shape index (κ2) is 8.90. The predicted molar refractivity (Wildman–Crippen MR) is 105 cm³/mol. The third-order valence-corrected chi connectivity index (χ3v) is 4.83. The van der Waals surface area contributed by atoms with E-state index in [1.165, 1.54) is 6.07 Å². The van der Waals surface area contributed by atoms with Crippen LogP contribution >= 0.6 is 0 Å². The molecular weight excluding hydrogens is 444 g/mol. The van der Waals surface area contributed by atoms with E-state index in [1.54, 1.807) is 24.4 Å². The highest BCUT2D eigenvalue weighted by Crippen LogP contribution is 2.46. The summed E-state index contributed by atoms with van der Waals surface area (Å²) in [5.74, 6) is -6.34. The lowest BCUT2D eigenvalue weighted by molar-refractivity contribution is -0.209. The molecule has 0 aliphatic rings. The molecule has 33 heavy (non-hydrogen) atoms. The highest BCUT2D eigenvalue weighted by Gasteiger charge is 2.58. The molecule has 0 fully saturated rings. The van der Waals surface area contributed by atoms with Gasteiger partial charge in [-0.1, -0.05) is 6.07 Å². The molecule has 1 N–H and O–H groups in total. The first-order valence-corrected chi connectivity index (χ1v) is 9.55. The zero-order valence-electron chi connectivity index (χ0n) is 16.8. The third kappa shape index (κ3) is 4.51. The van der Waals surface area contributed by atoms with Crippen LogP contribution in [0.25, 0.3) is 0 Å². The Morgan fingerprint density at radius 3 is 2.52 bits per heavy atom. The number of hydrogen-bond acceptors (Lipinski definition) is 7. The number of halogens is 4. The Labute approximate surface area is 184 Å². The van der Waals surface area contributed by atoms with Crippen molar-refractivity contribution in [2.24, 2.45) is 0 Å². The first kappa shape index (κ1) is 22.3. The first-order valence-electron chi connectivity index (χ1n) is 9.55. The van der Waals surface area contributed by atoms with Crippen LogP contribution in [-0.4, -0.2) is 35.3 Å². The van der Waals surface area contributed by atoms with E-state index in [1.807, 2.05) is 0 Å². The number of benzene rings is 1. The molecule has 0 aliphatic heterocycles. The SMILES string of the molecule is OC(Cn1ncnn1)(c1ccc(F)cc1F)C(F)(F)c1ccc(OCc2ccccn2)cn1. The molecule has 1 atom stereocenters. The van der Waals surface area contributed by atoms with Gasteiger partial charge in [-0.25, -0.2) is 8.78 Å². The molecule has 1 aromatic carbocycles. The van der Waals surface area contributed by atoms with E-state index in [0.717, 1.165) is 30.7 Å². The van der Waals surface area contributed by atoms with Gasteiger partial charge in [0.25, 0.3) is 0 Å². The maximum Gasteiger partial charge on any atom is 0.323 e. The lowest BCUT2D eigenvalue weighted by Crippen LogP contribution is -2.48. The first-order chi connectivity index (χ1) is 15.8. The van der Waals surface area contributed by atoms with Crippen molar-refractivity contribution in [3.63, 3.8) is 0 Å².